The molecule has 144 valence electrons. The molecule has 2 aromatic rings. The van der Waals surface area contributed by atoms with Crippen molar-refractivity contribution in [2.45, 2.75) is 32.2 Å². The van der Waals surface area contributed by atoms with Crippen molar-refractivity contribution in [1.29, 1.82) is 0 Å². The molecule has 2 aliphatic rings. The average molecular weight is 370 g/mol. The van der Waals surface area contributed by atoms with E-state index >= 15 is 0 Å². The summed E-state index contributed by atoms with van der Waals surface area (Å²) in [5.41, 5.74) is 1.04. The Morgan fingerprint density at radius 2 is 2.00 bits per heavy atom. The van der Waals surface area contributed by atoms with E-state index in [-0.39, 0.29) is 37.1 Å². The molecule has 2 N–H and O–H groups in total. The molecule has 1 aromatic heterocycles. The van der Waals surface area contributed by atoms with Crippen molar-refractivity contribution < 1.29 is 14.6 Å². The monoisotopic (exact) mass is 370 g/mol. The van der Waals surface area contributed by atoms with Gasteiger partial charge >= 0.3 is 0 Å². The van der Waals surface area contributed by atoms with Crippen LogP contribution >= 0.6 is 0 Å². The van der Waals surface area contributed by atoms with Crippen LogP contribution in [0.5, 0.6) is 5.75 Å². The Labute approximate surface area is 158 Å². The summed E-state index contributed by atoms with van der Waals surface area (Å²) in [6.45, 7) is 0.387. The van der Waals surface area contributed by atoms with Gasteiger partial charge in [0.15, 0.2) is 0 Å². The topological polar surface area (TPSA) is 82.6 Å². The molecule has 0 aliphatic heterocycles. The van der Waals surface area contributed by atoms with Crippen LogP contribution in [-0.2, 0) is 11.3 Å². The zero-order valence-electron chi connectivity index (χ0n) is 15.6. The normalized spacial score (nSPS) is 23.7. The van der Waals surface area contributed by atoms with Gasteiger partial charge in [0.25, 0.3) is 5.56 Å². The number of ether oxygens (including phenoxy) is 1. The molecule has 0 saturated heterocycles. The van der Waals surface area contributed by atoms with Gasteiger partial charge in [-0.1, -0.05) is 12.8 Å². The van der Waals surface area contributed by atoms with Gasteiger partial charge in [0, 0.05) is 24.1 Å². The molecule has 1 aromatic carbocycles. The summed E-state index contributed by atoms with van der Waals surface area (Å²) in [7, 11) is 1.58. The number of carbonyl (C=O) groups is 1. The molecule has 27 heavy (non-hydrogen) atoms. The number of hydrogen-bond donors (Lipinski definition) is 2. The van der Waals surface area contributed by atoms with Crippen LogP contribution in [0.1, 0.15) is 31.2 Å². The van der Waals surface area contributed by atoms with Gasteiger partial charge in [-0.25, -0.2) is 0 Å². The lowest BCUT2D eigenvalue weighted by Crippen LogP contribution is -2.36. The highest BCUT2D eigenvalue weighted by Crippen LogP contribution is 2.56. The van der Waals surface area contributed by atoms with Gasteiger partial charge in [-0.05, 0) is 48.3 Å². The van der Waals surface area contributed by atoms with Crippen LogP contribution in [0.2, 0.25) is 0 Å². The van der Waals surface area contributed by atoms with E-state index in [4.69, 9.17) is 4.74 Å². The van der Waals surface area contributed by atoms with Crippen molar-refractivity contribution in [3.05, 3.63) is 40.2 Å². The first-order valence-electron chi connectivity index (χ1n) is 9.72. The summed E-state index contributed by atoms with van der Waals surface area (Å²) in [6, 6.07) is 7.34. The summed E-state index contributed by atoms with van der Waals surface area (Å²) in [4.78, 5) is 30.1. The number of rotatable bonds is 6. The van der Waals surface area contributed by atoms with Crippen molar-refractivity contribution in [3.63, 3.8) is 0 Å². The van der Waals surface area contributed by atoms with Crippen LogP contribution in [0, 0.1) is 17.8 Å². The molecule has 4 rings (SSSR count). The Morgan fingerprint density at radius 1 is 1.26 bits per heavy atom. The van der Waals surface area contributed by atoms with E-state index < -0.39 is 0 Å². The number of fused-ring (bicyclic) bond motifs is 2. The second-order valence-electron chi connectivity index (χ2n) is 7.70. The summed E-state index contributed by atoms with van der Waals surface area (Å²) in [5.74, 6) is 1.88. The van der Waals surface area contributed by atoms with Gasteiger partial charge in [0.2, 0.25) is 5.91 Å². The van der Waals surface area contributed by atoms with Crippen LogP contribution in [-0.4, -0.2) is 41.2 Å². The third-order valence-electron chi connectivity index (χ3n) is 6.11. The predicted molar refractivity (Wildman–Crippen MR) is 103 cm³/mol. The molecule has 1 heterocycles. The van der Waals surface area contributed by atoms with E-state index in [2.05, 4.69) is 4.98 Å². The first-order valence-corrected chi connectivity index (χ1v) is 9.72. The molecule has 0 bridgehead atoms. The molecule has 3 atom stereocenters. The lowest BCUT2D eigenvalue weighted by Gasteiger charge is -2.22. The van der Waals surface area contributed by atoms with Gasteiger partial charge in [-0.2, -0.15) is 0 Å². The summed E-state index contributed by atoms with van der Waals surface area (Å²) < 4.78 is 5.20. The molecule has 0 spiro atoms. The fraction of sp³-hybridized carbons (Fsp3) is 0.524. The minimum absolute atomic E-state index is 0.0860. The fourth-order valence-corrected chi connectivity index (χ4v) is 4.63. The number of nitrogens with one attached hydrogen (secondary N) is 1. The van der Waals surface area contributed by atoms with Crippen molar-refractivity contribution in [2.24, 2.45) is 17.8 Å². The lowest BCUT2D eigenvalue weighted by molar-refractivity contribution is -0.134. The zero-order chi connectivity index (χ0) is 19.0. The van der Waals surface area contributed by atoms with Crippen molar-refractivity contribution in [1.82, 2.24) is 9.88 Å². The number of pyridine rings is 1. The van der Waals surface area contributed by atoms with E-state index in [9.17, 15) is 14.7 Å². The van der Waals surface area contributed by atoms with Crippen molar-refractivity contribution in [2.75, 3.05) is 20.3 Å². The van der Waals surface area contributed by atoms with E-state index in [0.29, 0.717) is 28.7 Å². The summed E-state index contributed by atoms with van der Waals surface area (Å²) in [6.07, 6.45) is 4.68. The number of aliphatic hydroxyl groups excluding tert-OH is 1. The van der Waals surface area contributed by atoms with E-state index in [0.717, 1.165) is 18.2 Å². The maximum absolute atomic E-state index is 13.0. The first kappa shape index (κ1) is 18.0. The molecule has 1 unspecified atom stereocenters. The maximum atomic E-state index is 13.0. The minimum atomic E-state index is -0.209. The molecule has 1 amide bonds. The van der Waals surface area contributed by atoms with Crippen molar-refractivity contribution in [3.8, 4) is 5.75 Å². The molecule has 2 fully saturated rings. The number of nitrogens with zero attached hydrogens (tertiary/aromatic N) is 1. The largest absolute Gasteiger partial charge is 0.497 e. The lowest BCUT2D eigenvalue weighted by atomic mass is 10.0. The molecule has 6 nitrogen and oxygen atoms in total. The minimum Gasteiger partial charge on any atom is -0.497 e. The van der Waals surface area contributed by atoms with E-state index in [1.54, 1.807) is 18.1 Å². The molecular weight excluding hydrogens is 344 g/mol. The van der Waals surface area contributed by atoms with Gasteiger partial charge in [0.05, 0.1) is 25.8 Å². The SMILES string of the molecule is COc1ccc2cc(CN(CCO)C(=O)C3[C@H]4CCCC[C@@H]34)c(=O)[nH]c2c1. The second-order valence-corrected chi connectivity index (χ2v) is 7.70. The molecular formula is C21H26N2O4. The number of H-pyrrole nitrogens is 1. The van der Waals surface area contributed by atoms with Crippen molar-refractivity contribution >= 4 is 16.8 Å². The Kier molecular flexibility index (Phi) is 4.91. The Bertz CT molecular complexity index is 895. The average Bonchev–Trinajstić information content (AvgIpc) is 3.41. The standard InChI is InChI=1S/C21H26N2O4/c1-27-15-7-6-13-10-14(20(25)22-18(13)11-15)12-23(8-9-24)21(26)19-16-4-2-3-5-17(16)19/h6-7,10-11,16-17,19,24H,2-5,8-9,12H2,1H3,(H,22,25)/t16-,17+,19?. The number of aliphatic hydroxyl groups is 1. The number of aromatic nitrogens is 1. The van der Waals surface area contributed by atoms with E-state index in [1.807, 2.05) is 18.2 Å². The third kappa shape index (κ3) is 3.46. The molecule has 0 radical (unpaired) electrons. The molecule has 2 aliphatic carbocycles. The number of amides is 1. The third-order valence-corrected chi connectivity index (χ3v) is 6.11. The summed E-state index contributed by atoms with van der Waals surface area (Å²) >= 11 is 0. The number of hydrogen-bond acceptors (Lipinski definition) is 4. The second kappa shape index (κ2) is 7.35. The maximum Gasteiger partial charge on any atom is 0.253 e. The quantitative estimate of drug-likeness (QED) is 0.817. The summed E-state index contributed by atoms with van der Waals surface area (Å²) in [5, 5.41) is 10.3. The zero-order valence-corrected chi connectivity index (χ0v) is 15.6. The Hall–Kier alpha value is -2.34. The number of methoxy groups -OCH3 is 1. The number of carbonyl (C=O) groups excluding carboxylic acids is 1. The van der Waals surface area contributed by atoms with Gasteiger partial charge in [-0.3, -0.25) is 9.59 Å². The van der Waals surface area contributed by atoms with Crippen LogP contribution < -0.4 is 10.3 Å². The fourth-order valence-electron chi connectivity index (χ4n) is 4.63. The highest BCUT2D eigenvalue weighted by molar-refractivity contribution is 5.83. The van der Waals surface area contributed by atoms with E-state index in [1.165, 1.54) is 12.8 Å². The number of benzene rings is 1. The first-order chi connectivity index (χ1) is 13.1. The Balaban J connectivity index is 1.57. The van der Waals surface area contributed by atoms with Crippen LogP contribution in [0.3, 0.4) is 0 Å². The van der Waals surface area contributed by atoms with Gasteiger partial charge < -0.3 is 19.7 Å². The van der Waals surface area contributed by atoms with Crippen LogP contribution in [0.25, 0.3) is 10.9 Å². The van der Waals surface area contributed by atoms with Gasteiger partial charge in [0.1, 0.15) is 5.75 Å². The van der Waals surface area contributed by atoms with Crippen LogP contribution in [0.15, 0.2) is 29.1 Å². The van der Waals surface area contributed by atoms with Crippen LogP contribution in [0.4, 0.5) is 0 Å². The van der Waals surface area contributed by atoms with Gasteiger partial charge in [-0.15, -0.1) is 0 Å². The number of aromatic amines is 1. The smallest absolute Gasteiger partial charge is 0.253 e. The Morgan fingerprint density at radius 3 is 2.67 bits per heavy atom. The molecule has 2 saturated carbocycles. The predicted octanol–water partition coefficient (Wildman–Crippen LogP) is 2.29. The highest BCUT2D eigenvalue weighted by atomic mass is 16.5. The highest BCUT2D eigenvalue weighted by Gasteiger charge is 2.55. The molecule has 6 heteroatoms.